The Labute approximate surface area is 187 Å². The lowest BCUT2D eigenvalue weighted by Crippen LogP contribution is -2.14. The molecule has 1 heterocycles. The van der Waals surface area contributed by atoms with Crippen molar-refractivity contribution in [1.29, 1.82) is 0 Å². The summed E-state index contributed by atoms with van der Waals surface area (Å²) in [7, 11) is 0. The Bertz CT molecular complexity index is 1470. The molecule has 1 aromatic heterocycles. The van der Waals surface area contributed by atoms with Crippen LogP contribution in [0, 0.1) is 19.7 Å². The van der Waals surface area contributed by atoms with Crippen LogP contribution >= 0.6 is 0 Å². The number of aryl methyl sites for hydroxylation is 2. The van der Waals surface area contributed by atoms with Crippen molar-refractivity contribution in [3.8, 4) is 22.6 Å². The van der Waals surface area contributed by atoms with E-state index in [4.69, 9.17) is 0 Å². The Balaban J connectivity index is 1.68. The number of H-pyrrole nitrogens is 1. The Morgan fingerprint density at radius 1 is 1.03 bits per heavy atom. The molecule has 0 aliphatic rings. The van der Waals surface area contributed by atoms with Gasteiger partial charge in [-0.3, -0.25) is 9.89 Å². The number of phenols is 1. The number of hydrogen-bond donors (Lipinski definition) is 3. The number of hydrogen-bond acceptors (Lipinski definition) is 5. The number of aromatic nitrogens is 2. The third-order valence-corrected chi connectivity index (χ3v) is 5.14. The molecule has 0 unspecified atom stereocenters. The molecule has 3 aromatic carbocycles. The summed E-state index contributed by atoms with van der Waals surface area (Å²) in [5.41, 5.74) is 1.88. The fraction of sp³-hybridized carbons (Fsp3) is 0.0833. The number of carboxylic acid groups (broad SMARTS) is 1. The first-order chi connectivity index (χ1) is 15.8. The molecule has 0 saturated carbocycles. The molecular weight excluding hydrogens is 427 g/mol. The zero-order valence-electron chi connectivity index (χ0n) is 17.7. The van der Waals surface area contributed by atoms with Crippen LogP contribution in [0.25, 0.3) is 16.8 Å². The summed E-state index contributed by atoms with van der Waals surface area (Å²) in [5, 5.41) is 30.6. The van der Waals surface area contributed by atoms with Gasteiger partial charge in [0.25, 0.3) is 5.56 Å². The first-order valence-corrected chi connectivity index (χ1v) is 9.92. The van der Waals surface area contributed by atoms with Crippen molar-refractivity contribution in [2.24, 2.45) is 10.2 Å². The van der Waals surface area contributed by atoms with E-state index in [1.54, 1.807) is 56.3 Å². The van der Waals surface area contributed by atoms with Crippen molar-refractivity contribution in [2.45, 2.75) is 13.8 Å². The molecule has 8 nitrogen and oxygen atoms in total. The summed E-state index contributed by atoms with van der Waals surface area (Å²) >= 11 is 0. The maximum atomic E-state index is 13.9. The number of carbonyl (C=O) groups is 1. The molecule has 9 heteroatoms. The zero-order valence-corrected chi connectivity index (χ0v) is 17.7. The lowest BCUT2D eigenvalue weighted by atomic mass is 10.0. The SMILES string of the molecule is Cc1ccc(-n2[nH]c(C)c(N=Nc3cccc(-c4cccc(C(=O)O)c4O)c3)c2=O)cc1F. The van der Waals surface area contributed by atoms with E-state index < -0.39 is 17.3 Å². The molecular formula is C24H19FN4O4. The fourth-order valence-corrected chi connectivity index (χ4v) is 3.35. The normalized spacial score (nSPS) is 11.2. The Morgan fingerprint density at radius 3 is 2.52 bits per heavy atom. The van der Waals surface area contributed by atoms with E-state index in [2.05, 4.69) is 15.3 Å². The number of carboxylic acids is 1. The molecule has 33 heavy (non-hydrogen) atoms. The van der Waals surface area contributed by atoms with Crippen LogP contribution < -0.4 is 5.56 Å². The van der Waals surface area contributed by atoms with E-state index in [1.807, 2.05) is 0 Å². The number of nitrogens with one attached hydrogen (secondary N) is 1. The van der Waals surface area contributed by atoms with Gasteiger partial charge >= 0.3 is 5.97 Å². The summed E-state index contributed by atoms with van der Waals surface area (Å²) < 4.78 is 15.1. The molecule has 0 bridgehead atoms. The highest BCUT2D eigenvalue weighted by molar-refractivity contribution is 5.94. The third kappa shape index (κ3) is 4.16. The van der Waals surface area contributed by atoms with Crippen LogP contribution in [-0.2, 0) is 0 Å². The molecule has 0 spiro atoms. The molecule has 0 aliphatic heterocycles. The van der Waals surface area contributed by atoms with Gasteiger partial charge in [0, 0.05) is 5.56 Å². The van der Waals surface area contributed by atoms with E-state index in [0.717, 1.165) is 0 Å². The Kier molecular flexibility index (Phi) is 5.61. The van der Waals surface area contributed by atoms with Crippen LogP contribution in [0.15, 0.2) is 75.7 Å². The predicted molar refractivity (Wildman–Crippen MR) is 120 cm³/mol. The third-order valence-electron chi connectivity index (χ3n) is 5.14. The summed E-state index contributed by atoms with van der Waals surface area (Å²) in [6, 6.07) is 15.5. The molecule has 0 amide bonds. The summed E-state index contributed by atoms with van der Waals surface area (Å²) in [4.78, 5) is 24.1. The average Bonchev–Trinajstić information content (AvgIpc) is 3.07. The van der Waals surface area contributed by atoms with Gasteiger partial charge in [-0.1, -0.05) is 30.3 Å². The van der Waals surface area contributed by atoms with Crippen molar-refractivity contribution < 1.29 is 19.4 Å². The van der Waals surface area contributed by atoms with E-state index in [1.165, 1.54) is 22.9 Å². The minimum Gasteiger partial charge on any atom is -0.506 e. The van der Waals surface area contributed by atoms with E-state index in [0.29, 0.717) is 33.8 Å². The minimum atomic E-state index is -1.24. The molecule has 166 valence electrons. The number of nitrogens with zero attached hydrogens (tertiary/aromatic N) is 3. The molecule has 0 aliphatic carbocycles. The van der Waals surface area contributed by atoms with Gasteiger partial charge in [-0.05, 0) is 55.3 Å². The molecule has 4 aromatic rings. The van der Waals surface area contributed by atoms with E-state index in [-0.39, 0.29) is 17.0 Å². The molecule has 0 fully saturated rings. The molecule has 4 rings (SSSR count). The highest BCUT2D eigenvalue weighted by Gasteiger charge is 2.15. The van der Waals surface area contributed by atoms with Crippen LogP contribution in [0.2, 0.25) is 0 Å². The van der Waals surface area contributed by atoms with Crippen molar-refractivity contribution in [3.05, 3.63) is 93.7 Å². The van der Waals surface area contributed by atoms with Gasteiger partial charge in [0.05, 0.1) is 17.1 Å². The first kappa shape index (κ1) is 21.7. The highest BCUT2D eigenvalue weighted by Crippen LogP contribution is 2.34. The quantitative estimate of drug-likeness (QED) is 0.355. The van der Waals surface area contributed by atoms with E-state index >= 15 is 0 Å². The second kappa shape index (κ2) is 8.54. The maximum absolute atomic E-state index is 13.9. The number of aromatic amines is 1. The van der Waals surface area contributed by atoms with Crippen molar-refractivity contribution in [2.75, 3.05) is 0 Å². The number of aromatic hydroxyl groups is 1. The second-order valence-electron chi connectivity index (χ2n) is 7.42. The predicted octanol–water partition coefficient (Wildman–Crippen LogP) is 5.41. The van der Waals surface area contributed by atoms with Crippen molar-refractivity contribution >= 4 is 17.3 Å². The first-order valence-electron chi connectivity index (χ1n) is 9.92. The standard InChI is InChI=1S/C24H19FN4O4/c1-13-9-10-17(12-20(13)25)29-23(31)21(14(2)28-29)27-26-16-6-3-5-15(11-16)18-7-4-8-19(22(18)30)24(32)33/h3-12,28,30H,1-2H3,(H,32,33). The van der Waals surface area contributed by atoms with Crippen LogP contribution in [0.1, 0.15) is 21.6 Å². The lowest BCUT2D eigenvalue weighted by molar-refractivity contribution is 0.0694. The van der Waals surface area contributed by atoms with Gasteiger partial charge in [-0.15, -0.1) is 5.11 Å². The van der Waals surface area contributed by atoms with Crippen LogP contribution in [-0.4, -0.2) is 26.0 Å². The van der Waals surface area contributed by atoms with Crippen molar-refractivity contribution in [1.82, 2.24) is 9.78 Å². The number of halogens is 1. The summed E-state index contributed by atoms with van der Waals surface area (Å²) in [5.74, 6) is -2.02. The molecule has 0 saturated heterocycles. The van der Waals surface area contributed by atoms with Gasteiger partial charge in [-0.2, -0.15) is 5.11 Å². The number of azo groups is 1. The van der Waals surface area contributed by atoms with Crippen LogP contribution in [0.3, 0.4) is 0 Å². The second-order valence-corrected chi connectivity index (χ2v) is 7.42. The van der Waals surface area contributed by atoms with Gasteiger partial charge in [0.1, 0.15) is 17.1 Å². The summed E-state index contributed by atoms with van der Waals surface area (Å²) in [6.45, 7) is 3.29. The zero-order chi connectivity index (χ0) is 23.7. The molecule has 3 N–H and O–H groups in total. The average molecular weight is 446 g/mol. The van der Waals surface area contributed by atoms with Gasteiger partial charge in [0.15, 0.2) is 5.69 Å². The number of para-hydroxylation sites is 1. The van der Waals surface area contributed by atoms with Gasteiger partial charge in [-0.25, -0.2) is 13.9 Å². The Hall–Kier alpha value is -4.53. The van der Waals surface area contributed by atoms with E-state index in [9.17, 15) is 24.2 Å². The fourth-order valence-electron chi connectivity index (χ4n) is 3.35. The number of benzene rings is 3. The minimum absolute atomic E-state index is 0.0668. The lowest BCUT2D eigenvalue weighted by Gasteiger charge is -2.07. The molecule has 0 radical (unpaired) electrons. The van der Waals surface area contributed by atoms with Gasteiger partial charge in [0.2, 0.25) is 0 Å². The smallest absolute Gasteiger partial charge is 0.339 e. The maximum Gasteiger partial charge on any atom is 0.339 e. The molecule has 0 atom stereocenters. The Morgan fingerprint density at radius 2 is 1.79 bits per heavy atom. The largest absolute Gasteiger partial charge is 0.506 e. The monoisotopic (exact) mass is 446 g/mol. The number of rotatable bonds is 5. The topological polar surface area (TPSA) is 120 Å². The highest BCUT2D eigenvalue weighted by atomic mass is 19.1. The summed E-state index contributed by atoms with van der Waals surface area (Å²) in [6.07, 6.45) is 0. The van der Waals surface area contributed by atoms with Crippen molar-refractivity contribution in [3.63, 3.8) is 0 Å². The van der Waals surface area contributed by atoms with Crippen LogP contribution in [0.5, 0.6) is 5.75 Å². The number of aromatic carboxylic acids is 1. The van der Waals surface area contributed by atoms with Crippen LogP contribution in [0.4, 0.5) is 15.8 Å². The van der Waals surface area contributed by atoms with Gasteiger partial charge < -0.3 is 10.2 Å².